The number of hydrogen-bond acceptors (Lipinski definition) is 5. The largest absolute Gasteiger partial charge is 0.485 e. The van der Waals surface area contributed by atoms with Gasteiger partial charge in [0.2, 0.25) is 6.10 Å². The molecular formula is C9H9N3O4. The van der Waals surface area contributed by atoms with Crippen LogP contribution >= 0.6 is 0 Å². The molecule has 2 amide bonds. The highest BCUT2D eigenvalue weighted by molar-refractivity contribution is 5.96. The number of amides is 2. The molecule has 0 fully saturated rings. The Morgan fingerprint density at radius 3 is 3.25 bits per heavy atom. The molecule has 84 valence electrons. The second-order valence-electron chi connectivity index (χ2n) is 3.08. The maximum absolute atomic E-state index is 11.5. The number of aromatic nitrogens is 1. The number of hydrogen-bond donors (Lipinski definition) is 2. The summed E-state index contributed by atoms with van der Waals surface area (Å²) < 4.78 is 9.84. The summed E-state index contributed by atoms with van der Waals surface area (Å²) in [6.07, 6.45) is -0.577. The van der Waals surface area contributed by atoms with E-state index in [1.807, 2.05) is 0 Å². The van der Waals surface area contributed by atoms with Crippen LogP contribution < -0.4 is 15.8 Å². The number of primary amides is 1. The van der Waals surface area contributed by atoms with E-state index in [1.54, 1.807) is 12.1 Å². The van der Waals surface area contributed by atoms with Gasteiger partial charge in [0.05, 0.1) is 0 Å². The molecule has 0 aromatic carbocycles. The number of ether oxygens (including phenoxy) is 2. The normalized spacial score (nSPS) is 18.8. The Morgan fingerprint density at radius 1 is 1.69 bits per heavy atom. The van der Waals surface area contributed by atoms with Crippen molar-refractivity contribution in [3.63, 3.8) is 0 Å². The molecule has 0 aliphatic carbocycles. The number of nitrogens with zero attached hydrogens (tertiary/aromatic N) is 1. The summed E-state index contributed by atoms with van der Waals surface area (Å²) in [5.41, 5.74) is 4.83. The van der Waals surface area contributed by atoms with E-state index in [0.29, 0.717) is 11.6 Å². The van der Waals surface area contributed by atoms with E-state index < -0.39 is 18.1 Å². The Bertz CT molecular complexity index is 435. The lowest BCUT2D eigenvalue weighted by Crippen LogP contribution is -2.37. The van der Waals surface area contributed by atoms with Crippen molar-refractivity contribution in [3.8, 4) is 5.75 Å². The predicted octanol–water partition coefficient (Wildman–Crippen LogP) is -0.124. The highest BCUT2D eigenvalue weighted by Gasteiger charge is 2.27. The molecule has 2 rings (SSSR count). The van der Waals surface area contributed by atoms with Gasteiger partial charge in [-0.15, -0.1) is 0 Å². The molecule has 0 saturated carbocycles. The van der Waals surface area contributed by atoms with Crippen LogP contribution in [-0.4, -0.2) is 29.7 Å². The fourth-order valence-corrected chi connectivity index (χ4v) is 1.27. The molecule has 1 atom stereocenters. The molecule has 0 saturated heterocycles. The van der Waals surface area contributed by atoms with Crippen LogP contribution in [0.4, 0.5) is 10.6 Å². The summed E-state index contributed by atoms with van der Waals surface area (Å²) in [5.74, 6) is 0.200. The fourth-order valence-electron chi connectivity index (χ4n) is 1.27. The molecule has 1 aliphatic rings. The zero-order chi connectivity index (χ0) is 11.5. The molecule has 1 unspecified atom stereocenters. The van der Waals surface area contributed by atoms with E-state index in [4.69, 9.17) is 10.5 Å². The molecule has 16 heavy (non-hydrogen) atoms. The Kier molecular flexibility index (Phi) is 2.59. The summed E-state index contributed by atoms with van der Waals surface area (Å²) >= 11 is 0. The molecule has 1 aliphatic heterocycles. The minimum atomic E-state index is -1.06. The zero-order valence-electron chi connectivity index (χ0n) is 8.17. The number of carbonyl (C=O) groups excluding carboxylic acids is 2. The monoisotopic (exact) mass is 223 g/mol. The van der Waals surface area contributed by atoms with E-state index >= 15 is 0 Å². The van der Waals surface area contributed by atoms with Gasteiger partial charge in [-0.3, -0.25) is 4.79 Å². The average Bonchev–Trinajstić information content (AvgIpc) is 2.39. The summed E-state index contributed by atoms with van der Waals surface area (Å²) in [6.45, 7) is -0.0898. The standard InChI is InChI=1S/C9H9N3O4/c10-9(14)16-6-4-15-5-2-1-3-11-7(5)12-8(6)13/h1-3,6H,4H2,(H2,10,14)(H,11,12,13). The third kappa shape index (κ3) is 2.02. The maximum atomic E-state index is 11.5. The quantitative estimate of drug-likeness (QED) is 0.690. The van der Waals surface area contributed by atoms with Gasteiger partial charge >= 0.3 is 6.09 Å². The second-order valence-corrected chi connectivity index (χ2v) is 3.08. The number of nitrogens with one attached hydrogen (secondary N) is 1. The minimum Gasteiger partial charge on any atom is -0.485 e. The third-order valence-electron chi connectivity index (χ3n) is 1.95. The molecule has 1 aromatic heterocycles. The van der Waals surface area contributed by atoms with Crippen molar-refractivity contribution in [1.29, 1.82) is 0 Å². The van der Waals surface area contributed by atoms with Gasteiger partial charge in [0.25, 0.3) is 5.91 Å². The van der Waals surface area contributed by atoms with Crippen molar-refractivity contribution in [3.05, 3.63) is 18.3 Å². The lowest BCUT2D eigenvalue weighted by atomic mass is 10.3. The number of carbonyl (C=O) groups is 2. The molecule has 0 radical (unpaired) electrons. The van der Waals surface area contributed by atoms with Crippen LogP contribution in [-0.2, 0) is 9.53 Å². The first-order valence-corrected chi connectivity index (χ1v) is 4.51. The van der Waals surface area contributed by atoms with Crippen molar-refractivity contribution in [2.75, 3.05) is 11.9 Å². The summed E-state index contributed by atoms with van der Waals surface area (Å²) in [5, 5.41) is 2.47. The lowest BCUT2D eigenvalue weighted by Gasteiger charge is -2.11. The van der Waals surface area contributed by atoms with E-state index in [2.05, 4.69) is 15.0 Å². The van der Waals surface area contributed by atoms with Gasteiger partial charge in [0.15, 0.2) is 11.6 Å². The van der Waals surface area contributed by atoms with Crippen molar-refractivity contribution in [1.82, 2.24) is 4.98 Å². The Hall–Kier alpha value is -2.31. The number of anilines is 1. The topological polar surface area (TPSA) is 104 Å². The first kappa shape index (κ1) is 10.2. The number of pyridine rings is 1. The summed E-state index contributed by atoms with van der Waals surface area (Å²) in [6, 6.07) is 3.31. The minimum absolute atomic E-state index is 0.0898. The van der Waals surface area contributed by atoms with Gasteiger partial charge in [-0.2, -0.15) is 0 Å². The molecule has 2 heterocycles. The first-order chi connectivity index (χ1) is 7.66. The lowest BCUT2D eigenvalue weighted by molar-refractivity contribution is -0.125. The van der Waals surface area contributed by atoms with Crippen LogP contribution in [0, 0.1) is 0 Å². The van der Waals surface area contributed by atoms with Gasteiger partial charge < -0.3 is 20.5 Å². The molecule has 0 bridgehead atoms. The van der Waals surface area contributed by atoms with Gasteiger partial charge in [0, 0.05) is 6.20 Å². The van der Waals surface area contributed by atoms with Crippen LogP contribution in [0.25, 0.3) is 0 Å². The third-order valence-corrected chi connectivity index (χ3v) is 1.95. The zero-order valence-corrected chi connectivity index (χ0v) is 8.17. The first-order valence-electron chi connectivity index (χ1n) is 4.51. The van der Waals surface area contributed by atoms with E-state index in [1.165, 1.54) is 6.20 Å². The number of rotatable bonds is 1. The highest BCUT2D eigenvalue weighted by Crippen LogP contribution is 2.23. The Morgan fingerprint density at radius 2 is 2.50 bits per heavy atom. The van der Waals surface area contributed by atoms with E-state index in [0.717, 1.165) is 0 Å². The number of nitrogens with two attached hydrogens (primary N) is 1. The Balaban J connectivity index is 2.18. The highest BCUT2D eigenvalue weighted by atomic mass is 16.6. The van der Waals surface area contributed by atoms with Crippen LogP contribution in [0.2, 0.25) is 0 Å². The average molecular weight is 223 g/mol. The molecule has 0 spiro atoms. The second kappa shape index (κ2) is 4.05. The molecular weight excluding hydrogens is 214 g/mol. The van der Waals surface area contributed by atoms with Crippen LogP contribution in [0.15, 0.2) is 18.3 Å². The van der Waals surface area contributed by atoms with Crippen LogP contribution in [0.3, 0.4) is 0 Å². The van der Waals surface area contributed by atoms with Crippen molar-refractivity contribution < 1.29 is 19.1 Å². The van der Waals surface area contributed by atoms with Crippen LogP contribution in [0.5, 0.6) is 5.75 Å². The predicted molar refractivity (Wildman–Crippen MR) is 52.8 cm³/mol. The molecule has 3 N–H and O–H groups in total. The van der Waals surface area contributed by atoms with E-state index in [-0.39, 0.29) is 6.61 Å². The summed E-state index contributed by atoms with van der Waals surface area (Å²) in [7, 11) is 0. The SMILES string of the molecule is NC(=O)OC1COc2cccnc2NC1=O. The molecule has 7 nitrogen and oxygen atoms in total. The number of fused-ring (bicyclic) bond motifs is 1. The van der Waals surface area contributed by atoms with Crippen LogP contribution in [0.1, 0.15) is 0 Å². The van der Waals surface area contributed by atoms with Gasteiger partial charge in [-0.25, -0.2) is 9.78 Å². The maximum Gasteiger partial charge on any atom is 0.405 e. The molecule has 1 aromatic rings. The van der Waals surface area contributed by atoms with Gasteiger partial charge in [-0.05, 0) is 12.1 Å². The Labute approximate surface area is 90.5 Å². The smallest absolute Gasteiger partial charge is 0.405 e. The molecule has 7 heteroatoms. The summed E-state index contributed by atoms with van der Waals surface area (Å²) in [4.78, 5) is 26.0. The van der Waals surface area contributed by atoms with Crippen molar-refractivity contribution >= 4 is 17.8 Å². The van der Waals surface area contributed by atoms with E-state index in [9.17, 15) is 9.59 Å². The van der Waals surface area contributed by atoms with Crippen molar-refractivity contribution in [2.24, 2.45) is 5.73 Å². The van der Waals surface area contributed by atoms with Gasteiger partial charge in [0.1, 0.15) is 6.61 Å². The fraction of sp³-hybridized carbons (Fsp3) is 0.222. The van der Waals surface area contributed by atoms with Crippen molar-refractivity contribution in [2.45, 2.75) is 6.10 Å². The van der Waals surface area contributed by atoms with Gasteiger partial charge in [-0.1, -0.05) is 0 Å².